The summed E-state index contributed by atoms with van der Waals surface area (Å²) in [5.41, 5.74) is 2.33. The van der Waals surface area contributed by atoms with E-state index in [1.54, 1.807) is 13.0 Å². The second-order valence-electron chi connectivity index (χ2n) is 13.0. The smallest absolute Gasteiger partial charge is 0.319 e. The van der Waals surface area contributed by atoms with Crippen molar-refractivity contribution in [1.82, 2.24) is 25.2 Å². The standard InChI is InChI=1S/C34H38F2N6O/c1-20-8-10-23-18-37-14-17-42(23)32-27-29(20)38-30(24-7-3-6-22-9-11-25(35)21(2)26(22)24)28(36)31(27)39-33(40-32)43-19-34-12-4-15-41(34)16-5-13-34/h3,6-7,9,11,20,23,37H,4-5,8,10,12-19H2,1-2H3. The lowest BCUT2D eigenvalue weighted by Crippen LogP contribution is -2.52. The number of aromatic nitrogens is 3. The number of piperazine rings is 1. The van der Waals surface area contributed by atoms with Crippen molar-refractivity contribution in [1.29, 1.82) is 0 Å². The van der Waals surface area contributed by atoms with Crippen LogP contribution in [-0.4, -0.2) is 70.8 Å². The molecule has 4 aliphatic heterocycles. The number of fused-ring (bicyclic) bond motifs is 4. The van der Waals surface area contributed by atoms with Crippen LogP contribution in [0.3, 0.4) is 0 Å². The Bertz CT molecular complexity index is 1730. The fraction of sp³-hybridized carbons (Fsp3) is 0.500. The van der Waals surface area contributed by atoms with Crippen LogP contribution in [0.2, 0.25) is 0 Å². The summed E-state index contributed by atoms with van der Waals surface area (Å²) in [6.07, 6.45) is 6.44. The largest absolute Gasteiger partial charge is 0.461 e. The van der Waals surface area contributed by atoms with Crippen molar-refractivity contribution in [3.05, 3.63) is 53.2 Å². The fourth-order valence-electron chi connectivity index (χ4n) is 8.24. The molecule has 9 heteroatoms. The van der Waals surface area contributed by atoms with E-state index in [2.05, 4.69) is 22.0 Å². The van der Waals surface area contributed by atoms with Crippen molar-refractivity contribution in [3.8, 4) is 17.3 Å². The molecule has 0 radical (unpaired) electrons. The van der Waals surface area contributed by atoms with Crippen molar-refractivity contribution in [3.63, 3.8) is 0 Å². The lowest BCUT2D eigenvalue weighted by atomic mass is 9.90. The Balaban J connectivity index is 1.35. The molecule has 0 bridgehead atoms. The quantitative estimate of drug-likeness (QED) is 0.310. The number of rotatable bonds is 4. The fourth-order valence-corrected chi connectivity index (χ4v) is 8.24. The van der Waals surface area contributed by atoms with Crippen molar-refractivity contribution in [2.24, 2.45) is 0 Å². The highest BCUT2D eigenvalue weighted by atomic mass is 19.1. The molecule has 224 valence electrons. The van der Waals surface area contributed by atoms with Crippen LogP contribution in [0.4, 0.5) is 14.6 Å². The van der Waals surface area contributed by atoms with Gasteiger partial charge in [-0.15, -0.1) is 0 Å². The Morgan fingerprint density at radius 1 is 1.00 bits per heavy atom. The number of halogens is 2. The van der Waals surface area contributed by atoms with Crippen LogP contribution in [0.25, 0.3) is 32.9 Å². The molecule has 0 aliphatic carbocycles. The monoisotopic (exact) mass is 584 g/mol. The maximum absolute atomic E-state index is 17.0. The predicted molar refractivity (Wildman–Crippen MR) is 165 cm³/mol. The molecule has 4 aliphatic rings. The van der Waals surface area contributed by atoms with Gasteiger partial charge < -0.3 is 15.0 Å². The third kappa shape index (κ3) is 4.30. The van der Waals surface area contributed by atoms with Crippen LogP contribution in [0.15, 0.2) is 30.3 Å². The number of hydrogen-bond acceptors (Lipinski definition) is 7. The van der Waals surface area contributed by atoms with Crippen LogP contribution < -0.4 is 15.0 Å². The number of ether oxygens (including phenoxy) is 1. The maximum Gasteiger partial charge on any atom is 0.319 e. The molecule has 0 saturated carbocycles. The summed E-state index contributed by atoms with van der Waals surface area (Å²) in [6, 6.07) is 9.33. The van der Waals surface area contributed by atoms with Gasteiger partial charge in [-0.1, -0.05) is 31.2 Å². The summed E-state index contributed by atoms with van der Waals surface area (Å²) in [4.78, 5) is 19.8. The molecule has 2 aromatic heterocycles. The van der Waals surface area contributed by atoms with Gasteiger partial charge in [0.1, 0.15) is 29.5 Å². The van der Waals surface area contributed by atoms with E-state index in [1.807, 2.05) is 18.2 Å². The van der Waals surface area contributed by atoms with E-state index in [0.717, 1.165) is 75.3 Å². The average molecular weight is 585 g/mol. The van der Waals surface area contributed by atoms with E-state index in [-0.39, 0.29) is 40.5 Å². The lowest BCUT2D eigenvalue weighted by molar-refractivity contribution is 0.108. The van der Waals surface area contributed by atoms with E-state index >= 15 is 4.39 Å². The first kappa shape index (κ1) is 27.1. The number of pyridine rings is 1. The van der Waals surface area contributed by atoms with E-state index in [1.165, 1.54) is 18.9 Å². The van der Waals surface area contributed by atoms with Gasteiger partial charge in [-0.05, 0) is 86.9 Å². The third-order valence-electron chi connectivity index (χ3n) is 10.6. The van der Waals surface area contributed by atoms with Gasteiger partial charge in [0.15, 0.2) is 5.82 Å². The molecule has 0 spiro atoms. The van der Waals surface area contributed by atoms with Crippen LogP contribution in [0.5, 0.6) is 6.01 Å². The number of anilines is 1. The van der Waals surface area contributed by atoms with Gasteiger partial charge in [0.2, 0.25) is 0 Å². The van der Waals surface area contributed by atoms with Gasteiger partial charge in [0.05, 0.1) is 16.6 Å². The molecule has 2 aromatic carbocycles. The number of nitrogens with zero attached hydrogens (tertiary/aromatic N) is 5. The average Bonchev–Trinajstić information content (AvgIpc) is 3.61. The van der Waals surface area contributed by atoms with Gasteiger partial charge in [0, 0.05) is 31.2 Å². The topological polar surface area (TPSA) is 66.4 Å². The number of hydrogen-bond donors (Lipinski definition) is 1. The number of benzene rings is 2. The molecule has 8 rings (SSSR count). The van der Waals surface area contributed by atoms with Crippen molar-refractivity contribution < 1.29 is 13.5 Å². The maximum atomic E-state index is 17.0. The van der Waals surface area contributed by atoms with Gasteiger partial charge in [-0.2, -0.15) is 9.97 Å². The Morgan fingerprint density at radius 2 is 1.84 bits per heavy atom. The number of aryl methyl sites for hydroxylation is 1. The second-order valence-corrected chi connectivity index (χ2v) is 13.0. The van der Waals surface area contributed by atoms with Crippen LogP contribution >= 0.6 is 0 Å². The first-order valence-electron chi connectivity index (χ1n) is 15.9. The van der Waals surface area contributed by atoms with Gasteiger partial charge >= 0.3 is 6.01 Å². The summed E-state index contributed by atoms with van der Waals surface area (Å²) >= 11 is 0. The highest BCUT2D eigenvalue weighted by molar-refractivity contribution is 6.01. The van der Waals surface area contributed by atoms with E-state index in [9.17, 15) is 4.39 Å². The van der Waals surface area contributed by atoms with Gasteiger partial charge in [-0.3, -0.25) is 4.90 Å². The first-order valence-corrected chi connectivity index (χ1v) is 15.9. The Morgan fingerprint density at radius 3 is 2.67 bits per heavy atom. The summed E-state index contributed by atoms with van der Waals surface area (Å²) < 4.78 is 38.3. The molecule has 3 fully saturated rings. The normalized spacial score (nSPS) is 23.3. The Hall–Kier alpha value is -3.43. The van der Waals surface area contributed by atoms with Crippen LogP contribution in [-0.2, 0) is 0 Å². The molecule has 4 aromatic rings. The molecule has 3 saturated heterocycles. The molecule has 7 nitrogen and oxygen atoms in total. The predicted octanol–water partition coefficient (Wildman–Crippen LogP) is 6.11. The van der Waals surface area contributed by atoms with Crippen LogP contribution in [0.1, 0.15) is 62.6 Å². The zero-order chi connectivity index (χ0) is 29.3. The molecular weight excluding hydrogens is 546 g/mol. The first-order chi connectivity index (χ1) is 20.9. The number of nitrogens with one attached hydrogen (secondary N) is 1. The molecule has 43 heavy (non-hydrogen) atoms. The van der Waals surface area contributed by atoms with Crippen LogP contribution in [0, 0.1) is 18.6 Å². The molecule has 2 unspecified atom stereocenters. The van der Waals surface area contributed by atoms with E-state index < -0.39 is 5.82 Å². The molecule has 1 N–H and O–H groups in total. The van der Waals surface area contributed by atoms with Crippen molar-refractivity contribution in [2.45, 2.75) is 69.9 Å². The Labute approximate surface area is 250 Å². The second kappa shape index (κ2) is 10.3. The minimum Gasteiger partial charge on any atom is -0.461 e. The zero-order valence-corrected chi connectivity index (χ0v) is 24.9. The molecule has 6 heterocycles. The minimum atomic E-state index is -0.510. The highest BCUT2D eigenvalue weighted by Crippen LogP contribution is 2.44. The van der Waals surface area contributed by atoms with Crippen molar-refractivity contribution >= 4 is 27.5 Å². The molecular formula is C34H38F2N6O. The van der Waals surface area contributed by atoms with Gasteiger partial charge in [-0.25, -0.2) is 13.8 Å². The highest BCUT2D eigenvalue weighted by Gasteiger charge is 2.45. The SMILES string of the molecule is Cc1c(F)ccc2cccc(-c3nc4c5c(nc(OCC67CCCN6CCC7)nc5c3F)N3CCNCC3CCC4C)c12. The zero-order valence-electron chi connectivity index (χ0n) is 24.9. The lowest BCUT2D eigenvalue weighted by Gasteiger charge is -2.40. The van der Waals surface area contributed by atoms with E-state index in [4.69, 9.17) is 19.7 Å². The Kier molecular flexibility index (Phi) is 6.53. The summed E-state index contributed by atoms with van der Waals surface area (Å²) in [7, 11) is 0. The summed E-state index contributed by atoms with van der Waals surface area (Å²) in [6.45, 7) is 9.07. The summed E-state index contributed by atoms with van der Waals surface area (Å²) in [5.74, 6) is -0.0403. The van der Waals surface area contributed by atoms with E-state index in [0.29, 0.717) is 28.5 Å². The van der Waals surface area contributed by atoms with Gasteiger partial charge in [0.25, 0.3) is 0 Å². The minimum absolute atomic E-state index is 0.0215. The molecule has 0 amide bonds. The van der Waals surface area contributed by atoms with Crippen molar-refractivity contribution in [2.75, 3.05) is 44.2 Å². The third-order valence-corrected chi connectivity index (χ3v) is 10.6. The summed E-state index contributed by atoms with van der Waals surface area (Å²) in [5, 5.41) is 5.73. The molecule has 2 atom stereocenters.